The Morgan fingerprint density at radius 1 is 1.12 bits per heavy atom. The fourth-order valence-corrected chi connectivity index (χ4v) is 2.02. The van der Waals surface area contributed by atoms with Crippen molar-refractivity contribution in [3.05, 3.63) is 0 Å². The first-order valence-electron chi connectivity index (χ1n) is 7.06. The van der Waals surface area contributed by atoms with Gasteiger partial charge in [0.25, 0.3) is 0 Å². The molecule has 1 aliphatic carbocycles. The summed E-state index contributed by atoms with van der Waals surface area (Å²) >= 11 is 0. The minimum absolute atomic E-state index is 0.617. The van der Waals surface area contributed by atoms with Gasteiger partial charge in [-0.05, 0) is 50.6 Å². The van der Waals surface area contributed by atoms with Crippen molar-refractivity contribution < 1.29 is 0 Å². The molecule has 0 radical (unpaired) electrons. The van der Waals surface area contributed by atoms with Crippen LogP contribution in [0.3, 0.4) is 0 Å². The van der Waals surface area contributed by atoms with Crippen LogP contribution in [-0.4, -0.2) is 25.2 Å². The third kappa shape index (κ3) is 6.49. The van der Waals surface area contributed by atoms with Gasteiger partial charge >= 0.3 is 0 Å². The smallest absolute Gasteiger partial charge is 0.00682 e. The maximum atomic E-state index is 3.60. The summed E-state index contributed by atoms with van der Waals surface area (Å²) in [4.78, 5) is 0. The summed E-state index contributed by atoms with van der Waals surface area (Å²) in [7, 11) is 0. The second-order valence-corrected chi connectivity index (χ2v) is 5.94. The van der Waals surface area contributed by atoms with Crippen LogP contribution in [0.4, 0.5) is 0 Å². The van der Waals surface area contributed by atoms with E-state index in [1.54, 1.807) is 0 Å². The van der Waals surface area contributed by atoms with Gasteiger partial charge in [0.15, 0.2) is 0 Å². The molecule has 0 spiro atoms. The third-order valence-corrected chi connectivity index (χ3v) is 3.49. The molecule has 2 heteroatoms. The highest BCUT2D eigenvalue weighted by Crippen LogP contribution is 2.20. The second kappa shape index (κ2) is 7.29. The molecule has 96 valence electrons. The minimum atomic E-state index is 0.617. The fourth-order valence-electron chi connectivity index (χ4n) is 2.02. The molecule has 2 nitrogen and oxygen atoms in total. The van der Waals surface area contributed by atoms with Crippen molar-refractivity contribution in [2.45, 2.75) is 65.5 Å². The molecule has 0 saturated heterocycles. The topological polar surface area (TPSA) is 24.1 Å². The Kier molecular flexibility index (Phi) is 6.37. The molecule has 0 heterocycles. The van der Waals surface area contributed by atoms with Crippen LogP contribution in [0, 0.1) is 11.8 Å². The monoisotopic (exact) mass is 226 g/mol. The summed E-state index contributed by atoms with van der Waals surface area (Å²) in [6.07, 6.45) is 5.50. The maximum absolute atomic E-state index is 3.60. The minimum Gasteiger partial charge on any atom is -0.314 e. The normalized spacial score (nSPS) is 18.4. The highest BCUT2D eigenvalue weighted by Gasteiger charge is 2.20. The Hall–Kier alpha value is -0.0800. The van der Waals surface area contributed by atoms with Gasteiger partial charge < -0.3 is 10.6 Å². The molecule has 0 bridgehead atoms. The van der Waals surface area contributed by atoms with Gasteiger partial charge in [0.05, 0.1) is 0 Å². The predicted molar refractivity (Wildman–Crippen MR) is 71.7 cm³/mol. The van der Waals surface area contributed by atoms with E-state index in [0.717, 1.165) is 17.9 Å². The van der Waals surface area contributed by atoms with Gasteiger partial charge in [-0.15, -0.1) is 0 Å². The van der Waals surface area contributed by atoms with E-state index < -0.39 is 0 Å². The average Bonchev–Trinajstić information content (AvgIpc) is 2.99. The summed E-state index contributed by atoms with van der Waals surface area (Å²) in [6.45, 7) is 11.5. The molecule has 0 aliphatic heterocycles. The Labute approximate surface area is 102 Å². The van der Waals surface area contributed by atoms with Crippen LogP contribution in [0.5, 0.6) is 0 Å². The molecule has 1 fully saturated rings. The van der Waals surface area contributed by atoms with Gasteiger partial charge in [-0.25, -0.2) is 0 Å². The van der Waals surface area contributed by atoms with Crippen LogP contribution in [0.15, 0.2) is 0 Å². The molecule has 1 unspecified atom stereocenters. The summed E-state index contributed by atoms with van der Waals surface area (Å²) < 4.78 is 0. The van der Waals surface area contributed by atoms with E-state index in [9.17, 15) is 0 Å². The molecule has 0 aromatic rings. The van der Waals surface area contributed by atoms with Crippen LogP contribution < -0.4 is 10.6 Å². The highest BCUT2D eigenvalue weighted by molar-refractivity contribution is 4.80. The second-order valence-electron chi connectivity index (χ2n) is 5.94. The van der Waals surface area contributed by atoms with Crippen LogP contribution in [-0.2, 0) is 0 Å². The molecule has 1 saturated carbocycles. The van der Waals surface area contributed by atoms with Gasteiger partial charge in [0.1, 0.15) is 0 Å². The van der Waals surface area contributed by atoms with Crippen molar-refractivity contribution in [2.24, 2.45) is 11.8 Å². The van der Waals surface area contributed by atoms with Crippen molar-refractivity contribution in [3.8, 4) is 0 Å². The van der Waals surface area contributed by atoms with Crippen LogP contribution in [0.25, 0.3) is 0 Å². The summed E-state index contributed by atoms with van der Waals surface area (Å²) in [6, 6.07) is 1.48. The fraction of sp³-hybridized carbons (Fsp3) is 1.00. The van der Waals surface area contributed by atoms with Gasteiger partial charge in [0.2, 0.25) is 0 Å². The Morgan fingerprint density at radius 3 is 2.31 bits per heavy atom. The lowest BCUT2D eigenvalue weighted by molar-refractivity contribution is 0.322. The molecule has 1 rings (SSSR count). The lowest BCUT2D eigenvalue weighted by atomic mass is 9.91. The quantitative estimate of drug-likeness (QED) is 0.591. The van der Waals surface area contributed by atoms with E-state index in [4.69, 9.17) is 0 Å². The Bertz CT molecular complexity index is 174. The van der Waals surface area contributed by atoms with E-state index in [-0.39, 0.29) is 0 Å². The molecule has 16 heavy (non-hydrogen) atoms. The van der Waals surface area contributed by atoms with Crippen LogP contribution in [0.2, 0.25) is 0 Å². The number of rotatable bonds is 9. The van der Waals surface area contributed by atoms with Gasteiger partial charge in [-0.2, -0.15) is 0 Å². The zero-order chi connectivity index (χ0) is 12.0. The average molecular weight is 226 g/mol. The zero-order valence-corrected chi connectivity index (χ0v) is 11.6. The summed E-state index contributed by atoms with van der Waals surface area (Å²) in [5, 5.41) is 7.16. The lowest BCUT2D eigenvalue weighted by Crippen LogP contribution is -2.31. The molecule has 2 N–H and O–H groups in total. The van der Waals surface area contributed by atoms with Crippen LogP contribution in [0.1, 0.15) is 53.4 Å². The number of nitrogens with one attached hydrogen (secondary N) is 2. The molecular weight excluding hydrogens is 196 g/mol. The van der Waals surface area contributed by atoms with E-state index in [0.29, 0.717) is 6.04 Å². The number of hydrogen-bond donors (Lipinski definition) is 2. The van der Waals surface area contributed by atoms with Gasteiger partial charge in [-0.3, -0.25) is 0 Å². The van der Waals surface area contributed by atoms with E-state index in [2.05, 4.69) is 38.3 Å². The first-order valence-corrected chi connectivity index (χ1v) is 7.06. The first kappa shape index (κ1) is 14.0. The van der Waals surface area contributed by atoms with Crippen molar-refractivity contribution >= 4 is 0 Å². The van der Waals surface area contributed by atoms with Crippen molar-refractivity contribution in [3.63, 3.8) is 0 Å². The van der Waals surface area contributed by atoms with Crippen LogP contribution >= 0.6 is 0 Å². The third-order valence-electron chi connectivity index (χ3n) is 3.49. The number of hydrogen-bond acceptors (Lipinski definition) is 2. The van der Waals surface area contributed by atoms with Crippen molar-refractivity contribution in [2.75, 3.05) is 13.1 Å². The molecule has 0 aromatic heterocycles. The summed E-state index contributed by atoms with van der Waals surface area (Å²) in [5.41, 5.74) is 0. The predicted octanol–water partition coefficient (Wildman–Crippen LogP) is 2.79. The molecular formula is C14H30N2. The van der Waals surface area contributed by atoms with Crippen molar-refractivity contribution in [1.82, 2.24) is 10.6 Å². The van der Waals surface area contributed by atoms with E-state index in [1.807, 2.05) is 0 Å². The molecule has 1 atom stereocenters. The molecule has 0 amide bonds. The lowest BCUT2D eigenvalue weighted by Gasteiger charge is -2.22. The maximum Gasteiger partial charge on any atom is 0.00682 e. The van der Waals surface area contributed by atoms with Gasteiger partial charge in [0, 0.05) is 12.1 Å². The molecule has 1 aliphatic rings. The SMILES string of the molecule is CC(C)NCC(CCCNC1CC1)C(C)C. The van der Waals surface area contributed by atoms with Crippen molar-refractivity contribution in [1.29, 1.82) is 0 Å². The Morgan fingerprint density at radius 2 is 1.81 bits per heavy atom. The zero-order valence-electron chi connectivity index (χ0n) is 11.6. The Balaban J connectivity index is 2.05. The van der Waals surface area contributed by atoms with E-state index in [1.165, 1.54) is 38.8 Å². The van der Waals surface area contributed by atoms with Gasteiger partial charge in [-0.1, -0.05) is 27.7 Å². The standard InChI is InChI=1S/C14H30N2/c1-11(2)13(10-16-12(3)4)6-5-9-15-14-7-8-14/h11-16H,5-10H2,1-4H3. The summed E-state index contributed by atoms with van der Waals surface area (Å²) in [5.74, 6) is 1.63. The highest BCUT2D eigenvalue weighted by atomic mass is 14.9. The first-order chi connectivity index (χ1) is 7.59. The molecule has 0 aromatic carbocycles. The van der Waals surface area contributed by atoms with E-state index >= 15 is 0 Å². The largest absolute Gasteiger partial charge is 0.314 e.